The molecule has 0 aliphatic heterocycles. The number of halogens is 1. The molecular weight excluding hydrogens is 213 g/mol. The Kier molecular flexibility index (Phi) is 3.82. The summed E-state index contributed by atoms with van der Waals surface area (Å²) >= 11 is 0. The number of aryl methyl sites for hydroxylation is 2. The molecule has 0 bridgehead atoms. The Morgan fingerprint density at radius 3 is 2.35 bits per heavy atom. The van der Waals surface area contributed by atoms with Gasteiger partial charge in [0.2, 0.25) is 0 Å². The summed E-state index contributed by atoms with van der Waals surface area (Å²) in [5.74, 6) is 0.388. The molecule has 17 heavy (non-hydrogen) atoms. The monoisotopic (exact) mass is 235 g/mol. The van der Waals surface area contributed by atoms with Crippen LogP contribution < -0.4 is 5.73 Å². The predicted octanol–water partition coefficient (Wildman–Crippen LogP) is 3.75. The highest BCUT2D eigenvalue weighted by Gasteiger charge is 2.18. The Hall–Kier alpha value is -0.890. The largest absolute Gasteiger partial charge is 0.324 e. The van der Waals surface area contributed by atoms with Gasteiger partial charge in [0, 0.05) is 11.6 Å². The van der Waals surface area contributed by atoms with Gasteiger partial charge in [-0.15, -0.1) is 0 Å². The predicted molar refractivity (Wildman–Crippen MR) is 69.4 cm³/mol. The van der Waals surface area contributed by atoms with Crippen LogP contribution in [-0.2, 0) is 12.8 Å². The molecule has 2 heteroatoms. The summed E-state index contributed by atoms with van der Waals surface area (Å²) in [6.45, 7) is 4.24. The lowest BCUT2D eigenvalue weighted by Gasteiger charge is -2.21. The van der Waals surface area contributed by atoms with Crippen molar-refractivity contribution in [1.29, 1.82) is 0 Å². The van der Waals surface area contributed by atoms with Crippen molar-refractivity contribution in [3.8, 4) is 0 Å². The van der Waals surface area contributed by atoms with Crippen LogP contribution in [-0.4, -0.2) is 0 Å². The standard InChI is InChI=1S/C15H22FN/c1-10(2)7-15(17)13-8-11-5-3-4-6-12(11)9-14(13)16/h8-10,15H,3-7,17H2,1-2H3. The van der Waals surface area contributed by atoms with Gasteiger partial charge in [0.1, 0.15) is 5.82 Å². The summed E-state index contributed by atoms with van der Waals surface area (Å²) in [7, 11) is 0. The fourth-order valence-electron chi connectivity index (χ4n) is 2.69. The van der Waals surface area contributed by atoms with Gasteiger partial charge in [-0.2, -0.15) is 0 Å². The molecule has 1 nitrogen and oxygen atoms in total. The first kappa shape index (κ1) is 12.6. The number of hydrogen-bond donors (Lipinski definition) is 1. The van der Waals surface area contributed by atoms with E-state index in [0.29, 0.717) is 11.5 Å². The molecule has 1 aliphatic rings. The highest BCUT2D eigenvalue weighted by molar-refractivity contribution is 5.36. The molecule has 0 heterocycles. The first-order chi connectivity index (χ1) is 8.08. The maximum absolute atomic E-state index is 14.0. The summed E-state index contributed by atoms with van der Waals surface area (Å²) in [6, 6.07) is 3.56. The molecule has 1 aromatic carbocycles. The van der Waals surface area contributed by atoms with Crippen molar-refractivity contribution in [1.82, 2.24) is 0 Å². The molecule has 1 aliphatic carbocycles. The second-order valence-electron chi connectivity index (χ2n) is 5.59. The van der Waals surface area contributed by atoms with Crippen molar-refractivity contribution in [2.45, 2.75) is 52.0 Å². The molecule has 0 fully saturated rings. The Bertz CT molecular complexity index is 398. The molecule has 0 amide bonds. The third-order valence-electron chi connectivity index (χ3n) is 3.59. The lowest BCUT2D eigenvalue weighted by molar-refractivity contribution is 0.487. The summed E-state index contributed by atoms with van der Waals surface area (Å²) < 4.78 is 14.0. The van der Waals surface area contributed by atoms with Gasteiger partial charge in [-0.1, -0.05) is 19.9 Å². The average Bonchev–Trinajstić information content (AvgIpc) is 2.27. The summed E-state index contributed by atoms with van der Waals surface area (Å²) in [5.41, 5.74) is 9.30. The quantitative estimate of drug-likeness (QED) is 0.848. The lowest BCUT2D eigenvalue weighted by atomic mass is 9.87. The molecule has 2 rings (SSSR count). The Labute approximate surface area is 103 Å². The van der Waals surface area contributed by atoms with Gasteiger partial charge < -0.3 is 5.73 Å². The first-order valence-electron chi connectivity index (χ1n) is 6.64. The van der Waals surface area contributed by atoms with Gasteiger partial charge in [-0.3, -0.25) is 0 Å². The second kappa shape index (κ2) is 5.18. The fourth-order valence-corrected chi connectivity index (χ4v) is 2.69. The molecule has 1 unspecified atom stereocenters. The number of fused-ring (bicyclic) bond motifs is 1. The Morgan fingerprint density at radius 1 is 1.18 bits per heavy atom. The number of benzene rings is 1. The van der Waals surface area contributed by atoms with Crippen molar-refractivity contribution in [3.05, 3.63) is 34.6 Å². The molecule has 0 aromatic heterocycles. The van der Waals surface area contributed by atoms with Crippen LogP contribution in [0, 0.1) is 11.7 Å². The van der Waals surface area contributed by atoms with Gasteiger partial charge in [0.05, 0.1) is 0 Å². The van der Waals surface area contributed by atoms with E-state index in [2.05, 4.69) is 13.8 Å². The van der Waals surface area contributed by atoms with Crippen LogP contribution in [0.4, 0.5) is 4.39 Å². The van der Waals surface area contributed by atoms with Gasteiger partial charge in [-0.25, -0.2) is 4.39 Å². The van der Waals surface area contributed by atoms with Crippen molar-refractivity contribution in [2.24, 2.45) is 11.7 Å². The Balaban J connectivity index is 2.28. The zero-order valence-corrected chi connectivity index (χ0v) is 10.8. The molecule has 0 spiro atoms. The lowest BCUT2D eigenvalue weighted by Crippen LogP contribution is -2.16. The van der Waals surface area contributed by atoms with E-state index >= 15 is 0 Å². The summed E-state index contributed by atoms with van der Waals surface area (Å²) in [5, 5.41) is 0. The van der Waals surface area contributed by atoms with Crippen molar-refractivity contribution in [2.75, 3.05) is 0 Å². The van der Waals surface area contributed by atoms with E-state index in [1.54, 1.807) is 6.07 Å². The van der Waals surface area contributed by atoms with Gasteiger partial charge >= 0.3 is 0 Å². The maximum atomic E-state index is 14.0. The van der Waals surface area contributed by atoms with Crippen molar-refractivity contribution >= 4 is 0 Å². The first-order valence-corrected chi connectivity index (χ1v) is 6.64. The third kappa shape index (κ3) is 2.86. The molecular formula is C15H22FN. The van der Waals surface area contributed by atoms with E-state index < -0.39 is 0 Å². The summed E-state index contributed by atoms with van der Waals surface area (Å²) in [4.78, 5) is 0. The van der Waals surface area contributed by atoms with E-state index in [1.807, 2.05) is 6.07 Å². The van der Waals surface area contributed by atoms with Crippen LogP contribution in [0.1, 0.15) is 55.8 Å². The van der Waals surface area contributed by atoms with Crippen LogP contribution >= 0.6 is 0 Å². The minimum atomic E-state index is -0.165. The normalized spacial score (nSPS) is 17.0. The number of nitrogens with two attached hydrogens (primary N) is 1. The highest BCUT2D eigenvalue weighted by atomic mass is 19.1. The second-order valence-corrected chi connectivity index (χ2v) is 5.59. The molecule has 1 atom stereocenters. The Morgan fingerprint density at radius 2 is 1.76 bits per heavy atom. The molecule has 2 N–H and O–H groups in total. The van der Waals surface area contributed by atoms with Crippen LogP contribution in [0.2, 0.25) is 0 Å². The number of hydrogen-bond acceptors (Lipinski definition) is 1. The maximum Gasteiger partial charge on any atom is 0.128 e. The third-order valence-corrected chi connectivity index (χ3v) is 3.59. The van der Waals surface area contributed by atoms with Crippen LogP contribution in [0.5, 0.6) is 0 Å². The molecule has 0 saturated heterocycles. The van der Waals surface area contributed by atoms with E-state index in [1.165, 1.54) is 24.0 Å². The van der Waals surface area contributed by atoms with Gasteiger partial charge in [-0.05, 0) is 55.2 Å². The average molecular weight is 235 g/mol. The van der Waals surface area contributed by atoms with Crippen LogP contribution in [0.3, 0.4) is 0 Å². The smallest absolute Gasteiger partial charge is 0.128 e. The van der Waals surface area contributed by atoms with Crippen LogP contribution in [0.25, 0.3) is 0 Å². The van der Waals surface area contributed by atoms with E-state index in [4.69, 9.17) is 5.73 Å². The minimum Gasteiger partial charge on any atom is -0.324 e. The zero-order chi connectivity index (χ0) is 12.4. The minimum absolute atomic E-state index is 0.112. The van der Waals surface area contributed by atoms with Crippen molar-refractivity contribution < 1.29 is 4.39 Å². The number of rotatable bonds is 3. The van der Waals surface area contributed by atoms with Crippen LogP contribution in [0.15, 0.2) is 12.1 Å². The van der Waals surface area contributed by atoms with E-state index in [9.17, 15) is 4.39 Å². The molecule has 0 radical (unpaired) electrons. The van der Waals surface area contributed by atoms with E-state index in [0.717, 1.165) is 19.3 Å². The fraction of sp³-hybridized carbons (Fsp3) is 0.600. The molecule has 0 saturated carbocycles. The molecule has 94 valence electrons. The van der Waals surface area contributed by atoms with Crippen molar-refractivity contribution in [3.63, 3.8) is 0 Å². The van der Waals surface area contributed by atoms with E-state index in [-0.39, 0.29) is 11.9 Å². The highest BCUT2D eigenvalue weighted by Crippen LogP contribution is 2.28. The molecule has 1 aromatic rings. The zero-order valence-electron chi connectivity index (χ0n) is 10.8. The topological polar surface area (TPSA) is 26.0 Å². The van der Waals surface area contributed by atoms with Gasteiger partial charge in [0.15, 0.2) is 0 Å². The van der Waals surface area contributed by atoms with Gasteiger partial charge in [0.25, 0.3) is 0 Å². The summed E-state index contributed by atoms with van der Waals surface area (Å²) in [6.07, 6.45) is 5.35. The SMILES string of the molecule is CC(C)CC(N)c1cc2c(cc1F)CCCC2.